The number of fused-ring (bicyclic) bond motifs is 1. The zero-order valence-electron chi connectivity index (χ0n) is 26.8. The molecule has 3 saturated heterocycles. The highest BCUT2D eigenvalue weighted by atomic mass is 19.3. The van der Waals surface area contributed by atoms with Crippen LogP contribution in [-0.2, 0) is 16.1 Å². The van der Waals surface area contributed by atoms with Gasteiger partial charge in [-0.2, -0.15) is 0 Å². The van der Waals surface area contributed by atoms with Crippen LogP contribution in [0, 0.1) is 5.92 Å². The number of nitrogens with zero attached hydrogens (tertiary/aromatic N) is 3. The first-order valence-corrected chi connectivity index (χ1v) is 16.9. The maximum atomic E-state index is 15.4. The van der Waals surface area contributed by atoms with E-state index in [9.17, 15) is 14.4 Å². The Morgan fingerprint density at radius 2 is 1.83 bits per heavy atom. The fourth-order valence-electron chi connectivity index (χ4n) is 7.38. The number of aromatic nitrogens is 1. The number of carbonyl (C=O) groups is 2. The normalized spacial score (nSPS) is 24.0. The van der Waals surface area contributed by atoms with Crippen LogP contribution in [0.2, 0.25) is 0 Å². The van der Waals surface area contributed by atoms with Crippen molar-refractivity contribution in [2.75, 3.05) is 32.8 Å². The smallest absolute Gasteiger partial charge is 0.280 e. The molecular weight excluding hydrogens is 606 g/mol. The Bertz CT molecular complexity index is 1720. The highest BCUT2D eigenvalue weighted by Crippen LogP contribution is 2.34. The number of carbonyl (C=O) groups excluding carboxylic acids is 2. The van der Waals surface area contributed by atoms with Crippen molar-refractivity contribution in [2.24, 2.45) is 5.92 Å². The zero-order valence-corrected chi connectivity index (χ0v) is 26.8. The third-order valence-electron chi connectivity index (χ3n) is 10.3. The van der Waals surface area contributed by atoms with Crippen molar-refractivity contribution in [2.45, 2.75) is 82.5 Å². The van der Waals surface area contributed by atoms with Crippen molar-refractivity contribution in [1.82, 2.24) is 19.7 Å². The first kappa shape index (κ1) is 31.8. The summed E-state index contributed by atoms with van der Waals surface area (Å²) in [6.07, 6.45) is 7.06. The van der Waals surface area contributed by atoms with E-state index in [0.29, 0.717) is 61.7 Å². The minimum Gasteiger partial charge on any atom is -0.457 e. The number of pyridine rings is 1. The van der Waals surface area contributed by atoms with Crippen molar-refractivity contribution >= 4 is 22.6 Å². The van der Waals surface area contributed by atoms with Gasteiger partial charge in [0.05, 0.1) is 12.6 Å². The van der Waals surface area contributed by atoms with Crippen LogP contribution in [-0.4, -0.2) is 77.0 Å². The van der Waals surface area contributed by atoms with Crippen molar-refractivity contribution in [3.63, 3.8) is 0 Å². The van der Waals surface area contributed by atoms with Gasteiger partial charge >= 0.3 is 0 Å². The van der Waals surface area contributed by atoms with Gasteiger partial charge in [0.1, 0.15) is 11.5 Å². The van der Waals surface area contributed by atoms with Crippen molar-refractivity contribution in [1.29, 1.82) is 0 Å². The number of ether oxygens (including phenoxy) is 2. The monoisotopic (exact) mass is 648 g/mol. The van der Waals surface area contributed by atoms with Gasteiger partial charge in [-0.3, -0.25) is 19.3 Å². The Morgan fingerprint density at radius 3 is 2.53 bits per heavy atom. The van der Waals surface area contributed by atoms with E-state index in [0.717, 1.165) is 37.5 Å². The minimum atomic E-state index is -3.08. The minimum absolute atomic E-state index is 0.0323. The van der Waals surface area contributed by atoms with Gasteiger partial charge in [-0.1, -0.05) is 13.0 Å². The molecule has 9 nitrogen and oxygen atoms in total. The van der Waals surface area contributed by atoms with Crippen LogP contribution in [0.1, 0.15) is 73.8 Å². The molecule has 7 rings (SSSR count). The molecule has 2 aromatic carbocycles. The van der Waals surface area contributed by atoms with E-state index in [4.69, 9.17) is 9.47 Å². The van der Waals surface area contributed by atoms with Crippen LogP contribution in [0.5, 0.6) is 11.5 Å². The Kier molecular flexibility index (Phi) is 8.78. The van der Waals surface area contributed by atoms with Gasteiger partial charge in [-0.15, -0.1) is 0 Å². The summed E-state index contributed by atoms with van der Waals surface area (Å²) in [4.78, 5) is 42.8. The highest BCUT2D eigenvalue weighted by Gasteiger charge is 2.47. The number of alkyl halides is 2. The number of halogens is 2. The third-order valence-corrected chi connectivity index (χ3v) is 10.3. The summed E-state index contributed by atoms with van der Waals surface area (Å²) >= 11 is 0. The number of hydrogen-bond acceptors (Lipinski definition) is 6. The lowest BCUT2D eigenvalue weighted by atomic mass is 9.92. The van der Waals surface area contributed by atoms with Gasteiger partial charge in [0, 0.05) is 74.1 Å². The van der Waals surface area contributed by atoms with E-state index in [1.165, 1.54) is 0 Å². The predicted octanol–water partition coefficient (Wildman–Crippen LogP) is 5.51. The molecule has 4 aliphatic rings. The Hall–Kier alpha value is -3.83. The summed E-state index contributed by atoms with van der Waals surface area (Å²) in [5, 5.41) is 3.93. The van der Waals surface area contributed by atoms with Crippen LogP contribution in [0.15, 0.2) is 53.5 Å². The molecule has 1 N–H and O–H groups in total. The number of benzene rings is 2. The first-order chi connectivity index (χ1) is 22.6. The number of amides is 2. The lowest BCUT2D eigenvalue weighted by Crippen LogP contribution is -2.60. The molecule has 3 aliphatic heterocycles. The average Bonchev–Trinajstić information content (AvgIpc) is 3.35. The quantitative estimate of drug-likeness (QED) is 0.347. The molecule has 0 spiro atoms. The number of nitrogens with one attached hydrogen (secondary N) is 1. The van der Waals surface area contributed by atoms with Gasteiger partial charge in [0.2, 0.25) is 5.91 Å². The Balaban J connectivity index is 1.12. The molecule has 4 fully saturated rings. The SMILES string of the molecule is C[C@H]1CC(=O)N(Cc2ccc(C(=O)N[C@@H]3CCN(C4CCOCC4)CC3(F)F)cc2Oc2ccc3c(=O)n(C4CCC4)ccc3c2)C1. The van der Waals surface area contributed by atoms with Crippen LogP contribution in [0.4, 0.5) is 8.78 Å². The molecule has 3 aromatic rings. The maximum Gasteiger partial charge on any atom is 0.280 e. The maximum absolute atomic E-state index is 15.4. The van der Waals surface area contributed by atoms with Gasteiger partial charge in [0.25, 0.3) is 17.4 Å². The zero-order chi connectivity index (χ0) is 32.7. The molecule has 1 saturated carbocycles. The summed E-state index contributed by atoms with van der Waals surface area (Å²) in [5.41, 5.74) is 0.853. The standard InChI is InChI=1S/C36H42F2N4O5/c1-23-17-33(43)41(20-23)21-26-6-5-25(34(44)39-32-10-13-40(22-36(32,37)38)27-11-15-46-16-12-27)19-31(26)47-29-7-8-30-24(18-29)9-14-42(35(30)45)28-3-2-4-28/h5-9,14,18-19,23,27-28,32H,2-4,10-13,15-17,20-22H2,1H3,(H,39,44)/t23-,32+/m0/s1. The molecule has 1 aliphatic carbocycles. The fourth-order valence-corrected chi connectivity index (χ4v) is 7.38. The second kappa shape index (κ2) is 13.0. The third kappa shape index (κ3) is 6.65. The van der Waals surface area contributed by atoms with Crippen molar-refractivity contribution in [3.05, 3.63) is 70.1 Å². The molecule has 0 bridgehead atoms. The second-order valence-corrected chi connectivity index (χ2v) is 13.8. The summed E-state index contributed by atoms with van der Waals surface area (Å²) < 4.78 is 44.3. The predicted molar refractivity (Wildman–Crippen MR) is 173 cm³/mol. The number of piperidine rings is 1. The summed E-state index contributed by atoms with van der Waals surface area (Å²) in [5.74, 6) is -2.58. The number of likely N-dealkylation sites (tertiary alicyclic amines) is 2. The molecule has 0 unspecified atom stereocenters. The molecule has 1 aromatic heterocycles. The van der Waals surface area contributed by atoms with Crippen molar-refractivity contribution in [3.8, 4) is 11.5 Å². The Labute approximate surface area is 272 Å². The summed E-state index contributed by atoms with van der Waals surface area (Å²) in [6, 6.07) is 11.1. The van der Waals surface area contributed by atoms with Crippen LogP contribution in [0.3, 0.4) is 0 Å². The van der Waals surface area contributed by atoms with Gasteiger partial charge in [-0.25, -0.2) is 8.78 Å². The molecule has 2 atom stereocenters. The highest BCUT2D eigenvalue weighted by molar-refractivity contribution is 5.95. The second-order valence-electron chi connectivity index (χ2n) is 13.8. The van der Waals surface area contributed by atoms with E-state index < -0.39 is 24.4 Å². The lowest BCUT2D eigenvalue weighted by Gasteiger charge is -2.43. The van der Waals surface area contributed by atoms with E-state index >= 15 is 8.78 Å². The fraction of sp³-hybridized carbons (Fsp3) is 0.528. The van der Waals surface area contributed by atoms with E-state index in [-0.39, 0.29) is 41.5 Å². The van der Waals surface area contributed by atoms with E-state index in [1.807, 2.05) is 24.1 Å². The largest absolute Gasteiger partial charge is 0.457 e. The Morgan fingerprint density at radius 1 is 1.02 bits per heavy atom. The topological polar surface area (TPSA) is 93.1 Å². The number of hydrogen-bond donors (Lipinski definition) is 1. The lowest BCUT2D eigenvalue weighted by molar-refractivity contribution is -0.128. The molecule has 2 amide bonds. The number of rotatable bonds is 8. The molecular formula is C36H42F2N4O5. The first-order valence-electron chi connectivity index (χ1n) is 16.9. The van der Waals surface area contributed by atoms with E-state index in [2.05, 4.69) is 5.32 Å². The molecule has 0 radical (unpaired) electrons. The van der Waals surface area contributed by atoms with Gasteiger partial charge in [-0.05, 0) is 86.2 Å². The molecule has 4 heterocycles. The average molecular weight is 649 g/mol. The van der Waals surface area contributed by atoms with E-state index in [1.54, 1.807) is 45.9 Å². The van der Waals surface area contributed by atoms with Crippen LogP contribution in [0.25, 0.3) is 10.8 Å². The van der Waals surface area contributed by atoms with Crippen molar-refractivity contribution < 1.29 is 27.8 Å². The molecule has 250 valence electrons. The van der Waals surface area contributed by atoms with Gasteiger partial charge in [0.15, 0.2) is 0 Å². The summed E-state index contributed by atoms with van der Waals surface area (Å²) in [6.45, 7) is 4.18. The molecule has 11 heteroatoms. The van der Waals surface area contributed by atoms with Crippen LogP contribution < -0.4 is 15.6 Å². The van der Waals surface area contributed by atoms with Gasteiger partial charge < -0.3 is 24.3 Å². The van der Waals surface area contributed by atoms with Crippen LogP contribution >= 0.6 is 0 Å². The molecule has 47 heavy (non-hydrogen) atoms. The summed E-state index contributed by atoms with van der Waals surface area (Å²) in [7, 11) is 0.